The van der Waals surface area contributed by atoms with Crippen LogP contribution in [0.25, 0.3) is 0 Å². The zero-order chi connectivity index (χ0) is 28.1. The van der Waals surface area contributed by atoms with Gasteiger partial charge < -0.3 is 9.80 Å². The van der Waals surface area contributed by atoms with Gasteiger partial charge in [0.15, 0.2) is 5.82 Å². The van der Waals surface area contributed by atoms with Crippen molar-refractivity contribution < 1.29 is 9.59 Å². The number of rotatable bonds is 7. The van der Waals surface area contributed by atoms with Crippen LogP contribution >= 0.6 is 0 Å². The van der Waals surface area contributed by atoms with E-state index in [1.807, 2.05) is 47.2 Å². The number of hydrogen-bond acceptors (Lipinski definition) is 8. The van der Waals surface area contributed by atoms with Crippen molar-refractivity contribution in [1.82, 2.24) is 30.1 Å². The van der Waals surface area contributed by atoms with Crippen LogP contribution in [-0.2, 0) is 11.3 Å². The van der Waals surface area contributed by atoms with E-state index in [1.54, 1.807) is 6.20 Å². The highest BCUT2D eigenvalue weighted by molar-refractivity contribution is 5.95. The van der Waals surface area contributed by atoms with E-state index in [0.717, 1.165) is 95.5 Å². The Hall–Kier alpha value is -3.55. The molecule has 2 aromatic rings. The first-order valence-electron chi connectivity index (χ1n) is 14.5. The normalized spacial score (nSPS) is 19.4. The minimum atomic E-state index is -0.196. The summed E-state index contributed by atoms with van der Waals surface area (Å²) in [6, 6.07) is 9.90. The van der Waals surface area contributed by atoms with Crippen LogP contribution in [0.4, 0.5) is 5.82 Å². The molecule has 1 aromatic heterocycles. The number of piperazine rings is 1. The molecule has 2 aliphatic heterocycles. The van der Waals surface area contributed by atoms with Gasteiger partial charge in [0, 0.05) is 56.0 Å². The molecule has 1 saturated carbocycles. The fraction of sp³-hybridized carbons (Fsp3) is 0.567. The molecule has 3 aliphatic rings. The monoisotopic (exact) mass is 544 g/mol. The Morgan fingerprint density at radius 3 is 2.35 bits per heavy atom. The molecule has 0 atom stereocenters. The summed E-state index contributed by atoms with van der Waals surface area (Å²) >= 11 is 0. The number of piperidine rings is 1. The van der Waals surface area contributed by atoms with Crippen molar-refractivity contribution in [2.24, 2.45) is 5.92 Å². The standard InChI is InChI=1S/C30H40N8O2/c1-22-20-32-27(19-31)33-28(22)38(26-5-3-4-6-26)34-29(39)24-9-7-23(8-10-24)21-36-13-11-25(12-14-36)30(40)37-17-15-35(2)16-18-37/h7-10,20,25-26H,3-6,11-18,21H2,1-2H3,(H,34,39). The lowest BCUT2D eigenvalue weighted by atomic mass is 9.94. The zero-order valence-corrected chi connectivity index (χ0v) is 23.7. The summed E-state index contributed by atoms with van der Waals surface area (Å²) in [4.78, 5) is 41.4. The van der Waals surface area contributed by atoms with Gasteiger partial charge in [0.05, 0.1) is 6.04 Å². The SMILES string of the molecule is Cc1cnc(C#N)nc1N(NC(=O)c1ccc(CN2CCC(C(=O)N3CCN(C)CC3)CC2)cc1)C1CCCC1. The Labute approximate surface area is 236 Å². The fourth-order valence-corrected chi connectivity index (χ4v) is 6.03. The van der Waals surface area contributed by atoms with Crippen LogP contribution in [0.2, 0.25) is 0 Å². The molecule has 1 N–H and O–H groups in total. The van der Waals surface area contributed by atoms with E-state index in [2.05, 4.69) is 32.2 Å². The van der Waals surface area contributed by atoms with Gasteiger partial charge in [-0.2, -0.15) is 10.2 Å². The molecule has 3 fully saturated rings. The van der Waals surface area contributed by atoms with Gasteiger partial charge in [-0.05, 0) is 70.4 Å². The maximum absolute atomic E-state index is 13.3. The quantitative estimate of drug-likeness (QED) is 0.530. The number of carbonyl (C=O) groups is 2. The van der Waals surface area contributed by atoms with Gasteiger partial charge in [-0.3, -0.25) is 24.9 Å². The number of anilines is 1. The average molecular weight is 545 g/mol. The van der Waals surface area contributed by atoms with Gasteiger partial charge >= 0.3 is 0 Å². The highest BCUT2D eigenvalue weighted by atomic mass is 16.2. The predicted octanol–water partition coefficient (Wildman–Crippen LogP) is 2.74. The Balaban J connectivity index is 1.16. The van der Waals surface area contributed by atoms with E-state index in [-0.39, 0.29) is 23.7 Å². The minimum Gasteiger partial charge on any atom is -0.340 e. The van der Waals surface area contributed by atoms with Crippen LogP contribution in [0.15, 0.2) is 30.5 Å². The molecule has 212 valence electrons. The highest BCUT2D eigenvalue weighted by Gasteiger charge is 2.30. The number of likely N-dealkylation sites (tertiary alicyclic amines) is 1. The number of carbonyl (C=O) groups excluding carboxylic acids is 2. The number of likely N-dealkylation sites (N-methyl/N-ethyl adjacent to an activating group) is 1. The molecular formula is C30H40N8O2. The largest absolute Gasteiger partial charge is 0.340 e. The summed E-state index contributed by atoms with van der Waals surface area (Å²) in [5, 5.41) is 11.1. The smallest absolute Gasteiger partial charge is 0.269 e. The Morgan fingerprint density at radius 2 is 1.70 bits per heavy atom. The molecule has 0 radical (unpaired) electrons. The maximum atomic E-state index is 13.3. The van der Waals surface area contributed by atoms with Crippen molar-refractivity contribution in [3.8, 4) is 6.07 Å². The third-order valence-electron chi connectivity index (χ3n) is 8.56. The van der Waals surface area contributed by atoms with Gasteiger partial charge in [-0.1, -0.05) is 25.0 Å². The molecule has 5 rings (SSSR count). The number of aryl methyl sites for hydroxylation is 1. The van der Waals surface area contributed by atoms with E-state index in [9.17, 15) is 14.9 Å². The first-order valence-corrected chi connectivity index (χ1v) is 14.5. The second-order valence-electron chi connectivity index (χ2n) is 11.4. The van der Waals surface area contributed by atoms with Crippen LogP contribution in [0.5, 0.6) is 0 Å². The third kappa shape index (κ3) is 6.60. The Kier molecular flexibility index (Phi) is 8.92. The predicted molar refractivity (Wildman–Crippen MR) is 152 cm³/mol. The van der Waals surface area contributed by atoms with E-state index in [0.29, 0.717) is 17.3 Å². The minimum absolute atomic E-state index is 0.0925. The van der Waals surface area contributed by atoms with Gasteiger partial charge in [-0.15, -0.1) is 0 Å². The highest BCUT2D eigenvalue weighted by Crippen LogP contribution is 2.28. The average Bonchev–Trinajstić information content (AvgIpc) is 3.52. The molecule has 40 heavy (non-hydrogen) atoms. The van der Waals surface area contributed by atoms with E-state index >= 15 is 0 Å². The molecule has 0 bridgehead atoms. The number of amides is 2. The van der Waals surface area contributed by atoms with Crippen molar-refractivity contribution >= 4 is 17.6 Å². The molecule has 0 unspecified atom stereocenters. The number of nitrogens with one attached hydrogen (secondary N) is 1. The third-order valence-corrected chi connectivity index (χ3v) is 8.56. The number of aromatic nitrogens is 2. The lowest BCUT2D eigenvalue weighted by Crippen LogP contribution is -2.50. The van der Waals surface area contributed by atoms with Gasteiger partial charge in [0.2, 0.25) is 11.7 Å². The number of benzene rings is 1. The van der Waals surface area contributed by atoms with Crippen LogP contribution < -0.4 is 10.4 Å². The molecule has 3 heterocycles. The molecular weight excluding hydrogens is 504 g/mol. The zero-order valence-electron chi connectivity index (χ0n) is 23.7. The number of nitriles is 1. The second kappa shape index (κ2) is 12.7. The van der Waals surface area contributed by atoms with Crippen molar-refractivity contribution in [1.29, 1.82) is 5.26 Å². The topological polar surface area (TPSA) is 109 Å². The summed E-state index contributed by atoms with van der Waals surface area (Å²) in [5.74, 6) is 0.943. The van der Waals surface area contributed by atoms with Crippen LogP contribution in [0.3, 0.4) is 0 Å². The molecule has 1 aromatic carbocycles. The summed E-state index contributed by atoms with van der Waals surface area (Å²) in [6.07, 6.45) is 7.56. The first-order chi connectivity index (χ1) is 19.4. The van der Waals surface area contributed by atoms with Crippen LogP contribution in [0.1, 0.15) is 65.8 Å². The lowest BCUT2D eigenvalue weighted by molar-refractivity contribution is -0.138. The van der Waals surface area contributed by atoms with Gasteiger partial charge in [0.1, 0.15) is 6.07 Å². The number of hydrazine groups is 1. The second-order valence-corrected chi connectivity index (χ2v) is 11.4. The van der Waals surface area contributed by atoms with Crippen molar-refractivity contribution in [2.45, 2.75) is 58.0 Å². The van der Waals surface area contributed by atoms with Gasteiger partial charge in [0.25, 0.3) is 5.91 Å². The summed E-state index contributed by atoms with van der Waals surface area (Å²) in [5.41, 5.74) is 5.62. The number of nitrogens with zero attached hydrogens (tertiary/aromatic N) is 7. The maximum Gasteiger partial charge on any atom is 0.269 e. The van der Waals surface area contributed by atoms with E-state index < -0.39 is 0 Å². The lowest BCUT2D eigenvalue weighted by Gasteiger charge is -2.37. The Bertz CT molecular complexity index is 1220. The molecule has 0 spiro atoms. The van der Waals surface area contributed by atoms with E-state index in [1.165, 1.54) is 0 Å². The summed E-state index contributed by atoms with van der Waals surface area (Å²) in [7, 11) is 2.11. The Morgan fingerprint density at radius 1 is 1.02 bits per heavy atom. The van der Waals surface area contributed by atoms with Crippen molar-refractivity contribution in [3.05, 3.63) is 53.0 Å². The van der Waals surface area contributed by atoms with Crippen molar-refractivity contribution in [3.63, 3.8) is 0 Å². The first kappa shape index (κ1) is 28.0. The molecule has 2 saturated heterocycles. The van der Waals surface area contributed by atoms with Crippen LogP contribution in [0, 0.1) is 24.2 Å². The van der Waals surface area contributed by atoms with E-state index in [4.69, 9.17) is 0 Å². The molecule has 1 aliphatic carbocycles. The van der Waals surface area contributed by atoms with Crippen LogP contribution in [-0.4, -0.2) is 88.8 Å². The molecule has 10 nitrogen and oxygen atoms in total. The summed E-state index contributed by atoms with van der Waals surface area (Å²) < 4.78 is 0. The van der Waals surface area contributed by atoms with Crippen molar-refractivity contribution in [2.75, 3.05) is 51.3 Å². The number of hydrogen-bond donors (Lipinski definition) is 1. The molecule has 10 heteroatoms. The summed E-state index contributed by atoms with van der Waals surface area (Å²) in [6.45, 7) is 8.12. The van der Waals surface area contributed by atoms with Gasteiger partial charge in [-0.25, -0.2) is 4.98 Å². The fourth-order valence-electron chi connectivity index (χ4n) is 6.03. The molecule has 2 amide bonds.